The third kappa shape index (κ3) is 5.04. The molecule has 0 spiro atoms. The van der Waals surface area contributed by atoms with Gasteiger partial charge in [-0.05, 0) is 43.7 Å². The number of benzene rings is 1. The number of amides is 1. The number of aromatic nitrogens is 5. The molecular weight excluding hydrogens is 406 g/mol. The first-order chi connectivity index (χ1) is 15.3. The molecule has 2 aromatic heterocycles. The summed E-state index contributed by atoms with van der Waals surface area (Å²) in [6.45, 7) is 9.07. The van der Waals surface area contributed by atoms with Crippen LogP contribution in [0.15, 0.2) is 35.1 Å². The standard InChI is InChI=1S/C23H31N7O2/c1-23(2,3)20-9-10-21(31)30(27-20)13-12-29-11-5-4-6-17(29)15-24-22(32)16-7-8-18-19(14-16)26-28-25-18/h7-10,14,17H,4-6,11-13,15H2,1-3H3,(H,24,32)(H,25,26,28). The monoisotopic (exact) mass is 437 g/mol. The van der Waals surface area contributed by atoms with E-state index in [0.717, 1.165) is 43.6 Å². The van der Waals surface area contributed by atoms with E-state index in [1.807, 2.05) is 6.07 Å². The van der Waals surface area contributed by atoms with Gasteiger partial charge in [0.05, 0.1) is 12.2 Å². The van der Waals surface area contributed by atoms with Gasteiger partial charge in [0, 0.05) is 36.2 Å². The first-order valence-electron chi connectivity index (χ1n) is 11.2. The first-order valence-corrected chi connectivity index (χ1v) is 11.2. The molecule has 32 heavy (non-hydrogen) atoms. The van der Waals surface area contributed by atoms with Crippen LogP contribution >= 0.6 is 0 Å². The molecule has 3 aromatic rings. The number of hydrogen-bond donors (Lipinski definition) is 2. The molecule has 1 aliphatic heterocycles. The Balaban J connectivity index is 1.38. The molecule has 1 amide bonds. The second-order valence-electron chi connectivity index (χ2n) is 9.45. The average molecular weight is 438 g/mol. The van der Waals surface area contributed by atoms with Crippen molar-refractivity contribution >= 4 is 16.9 Å². The van der Waals surface area contributed by atoms with Gasteiger partial charge in [0.15, 0.2) is 0 Å². The molecule has 9 heteroatoms. The maximum absolute atomic E-state index is 12.7. The molecule has 1 aliphatic rings. The van der Waals surface area contributed by atoms with Gasteiger partial charge in [-0.25, -0.2) is 4.68 Å². The van der Waals surface area contributed by atoms with Gasteiger partial charge < -0.3 is 5.32 Å². The molecule has 1 unspecified atom stereocenters. The van der Waals surface area contributed by atoms with Gasteiger partial charge in [-0.2, -0.15) is 20.5 Å². The molecular formula is C23H31N7O2. The van der Waals surface area contributed by atoms with Crippen molar-refractivity contribution in [3.8, 4) is 0 Å². The lowest BCUT2D eigenvalue weighted by molar-refractivity contribution is 0.0909. The van der Waals surface area contributed by atoms with Crippen LogP contribution in [0.3, 0.4) is 0 Å². The van der Waals surface area contributed by atoms with E-state index in [0.29, 0.717) is 24.2 Å². The number of piperidine rings is 1. The Labute approximate surface area is 187 Å². The topological polar surface area (TPSA) is 109 Å². The van der Waals surface area contributed by atoms with Crippen LogP contribution in [0.4, 0.5) is 0 Å². The van der Waals surface area contributed by atoms with Gasteiger partial charge >= 0.3 is 0 Å². The maximum Gasteiger partial charge on any atom is 0.266 e. The van der Waals surface area contributed by atoms with E-state index < -0.39 is 0 Å². The van der Waals surface area contributed by atoms with Crippen LogP contribution in [-0.4, -0.2) is 61.7 Å². The van der Waals surface area contributed by atoms with Crippen molar-refractivity contribution in [1.29, 1.82) is 0 Å². The fourth-order valence-electron chi connectivity index (χ4n) is 4.11. The summed E-state index contributed by atoms with van der Waals surface area (Å²) in [5.41, 5.74) is 2.70. The van der Waals surface area contributed by atoms with E-state index in [4.69, 9.17) is 0 Å². The summed E-state index contributed by atoms with van der Waals surface area (Å²) in [7, 11) is 0. The number of nitrogens with one attached hydrogen (secondary N) is 2. The summed E-state index contributed by atoms with van der Waals surface area (Å²) >= 11 is 0. The van der Waals surface area contributed by atoms with E-state index in [9.17, 15) is 9.59 Å². The highest BCUT2D eigenvalue weighted by Gasteiger charge is 2.23. The second kappa shape index (κ2) is 9.20. The van der Waals surface area contributed by atoms with Gasteiger partial charge in [0.2, 0.25) is 0 Å². The van der Waals surface area contributed by atoms with E-state index in [1.165, 1.54) is 0 Å². The van der Waals surface area contributed by atoms with Crippen molar-refractivity contribution in [2.24, 2.45) is 0 Å². The predicted octanol–water partition coefficient (Wildman–Crippen LogP) is 2.10. The Morgan fingerprint density at radius 1 is 1.12 bits per heavy atom. The van der Waals surface area contributed by atoms with Crippen LogP contribution in [0, 0.1) is 0 Å². The molecule has 0 radical (unpaired) electrons. The summed E-state index contributed by atoms with van der Waals surface area (Å²) in [4.78, 5) is 27.3. The number of carbonyl (C=O) groups excluding carboxylic acids is 1. The molecule has 0 bridgehead atoms. The highest BCUT2D eigenvalue weighted by molar-refractivity contribution is 5.97. The SMILES string of the molecule is CC(C)(C)c1ccc(=O)n(CCN2CCCCC2CNC(=O)c2ccc3n[nH]nc3c2)n1. The fourth-order valence-corrected chi connectivity index (χ4v) is 4.11. The molecule has 1 atom stereocenters. The number of aromatic amines is 1. The Bertz CT molecular complexity index is 1140. The summed E-state index contributed by atoms with van der Waals surface area (Å²) in [5, 5.41) is 18.3. The van der Waals surface area contributed by atoms with Crippen molar-refractivity contribution in [3.05, 3.63) is 51.9 Å². The van der Waals surface area contributed by atoms with Gasteiger partial charge in [0.1, 0.15) is 11.0 Å². The minimum Gasteiger partial charge on any atom is -0.350 e. The van der Waals surface area contributed by atoms with Gasteiger partial charge in [-0.1, -0.05) is 27.2 Å². The molecule has 1 aromatic carbocycles. The minimum atomic E-state index is -0.115. The lowest BCUT2D eigenvalue weighted by Gasteiger charge is -2.35. The van der Waals surface area contributed by atoms with Crippen LogP contribution in [0.2, 0.25) is 0 Å². The highest BCUT2D eigenvalue weighted by atomic mass is 16.1. The third-order valence-corrected chi connectivity index (χ3v) is 6.06. The van der Waals surface area contributed by atoms with E-state index >= 15 is 0 Å². The number of likely N-dealkylation sites (tertiary alicyclic amines) is 1. The van der Waals surface area contributed by atoms with Crippen LogP contribution in [0.5, 0.6) is 0 Å². The normalized spacial score (nSPS) is 17.5. The van der Waals surface area contributed by atoms with Crippen molar-refractivity contribution in [2.45, 2.75) is 58.0 Å². The van der Waals surface area contributed by atoms with E-state index in [2.05, 4.69) is 51.5 Å². The van der Waals surface area contributed by atoms with Crippen LogP contribution in [0.1, 0.15) is 56.1 Å². The molecule has 2 N–H and O–H groups in total. The summed E-state index contributed by atoms with van der Waals surface area (Å²) < 4.78 is 1.57. The molecule has 170 valence electrons. The predicted molar refractivity (Wildman–Crippen MR) is 123 cm³/mol. The van der Waals surface area contributed by atoms with Gasteiger partial charge in [0.25, 0.3) is 11.5 Å². The molecule has 4 rings (SSSR count). The van der Waals surface area contributed by atoms with Crippen molar-refractivity contribution < 1.29 is 4.79 Å². The van der Waals surface area contributed by atoms with Gasteiger partial charge in [-0.3, -0.25) is 14.5 Å². The minimum absolute atomic E-state index is 0.0805. The van der Waals surface area contributed by atoms with Crippen LogP contribution < -0.4 is 10.9 Å². The number of rotatable bonds is 6. The zero-order chi connectivity index (χ0) is 22.7. The average Bonchev–Trinajstić information content (AvgIpc) is 3.24. The fraction of sp³-hybridized carbons (Fsp3) is 0.522. The summed E-state index contributed by atoms with van der Waals surface area (Å²) in [6.07, 6.45) is 3.28. The number of H-pyrrole nitrogens is 1. The lowest BCUT2D eigenvalue weighted by Crippen LogP contribution is -2.48. The Hall–Kier alpha value is -3.07. The molecule has 3 heterocycles. The number of nitrogens with zero attached hydrogens (tertiary/aromatic N) is 5. The molecule has 0 saturated carbocycles. The zero-order valence-corrected chi connectivity index (χ0v) is 19.0. The number of carbonyl (C=O) groups is 1. The molecule has 0 aliphatic carbocycles. The molecule has 1 fully saturated rings. The second-order valence-corrected chi connectivity index (χ2v) is 9.45. The van der Waals surface area contributed by atoms with Crippen molar-refractivity contribution in [1.82, 2.24) is 35.4 Å². The third-order valence-electron chi connectivity index (χ3n) is 6.06. The van der Waals surface area contributed by atoms with Gasteiger partial charge in [-0.15, -0.1) is 0 Å². The highest BCUT2D eigenvalue weighted by Crippen LogP contribution is 2.19. The van der Waals surface area contributed by atoms with Crippen LogP contribution in [-0.2, 0) is 12.0 Å². The van der Waals surface area contributed by atoms with Crippen LogP contribution in [0.25, 0.3) is 11.0 Å². The van der Waals surface area contributed by atoms with E-state index in [1.54, 1.807) is 28.9 Å². The molecule has 9 nitrogen and oxygen atoms in total. The summed E-state index contributed by atoms with van der Waals surface area (Å²) in [6, 6.07) is 8.95. The maximum atomic E-state index is 12.7. The van der Waals surface area contributed by atoms with Crippen molar-refractivity contribution in [2.75, 3.05) is 19.6 Å². The van der Waals surface area contributed by atoms with E-state index in [-0.39, 0.29) is 22.9 Å². The quantitative estimate of drug-likeness (QED) is 0.611. The Kier molecular flexibility index (Phi) is 6.36. The Morgan fingerprint density at radius 3 is 2.75 bits per heavy atom. The Morgan fingerprint density at radius 2 is 1.94 bits per heavy atom. The molecule has 1 saturated heterocycles. The zero-order valence-electron chi connectivity index (χ0n) is 19.0. The largest absolute Gasteiger partial charge is 0.350 e. The summed E-state index contributed by atoms with van der Waals surface area (Å²) in [5.74, 6) is -0.115. The first kappa shape index (κ1) is 22.1. The lowest BCUT2D eigenvalue weighted by atomic mass is 9.92. The number of hydrogen-bond acceptors (Lipinski definition) is 6. The van der Waals surface area contributed by atoms with Crippen molar-refractivity contribution in [3.63, 3.8) is 0 Å². The smallest absolute Gasteiger partial charge is 0.266 e. The number of fused-ring (bicyclic) bond motifs is 1.